The van der Waals surface area contributed by atoms with Crippen molar-refractivity contribution in [3.63, 3.8) is 0 Å². The number of amides is 1. The molecule has 1 saturated carbocycles. The molecule has 6 heteroatoms. The molecule has 6 nitrogen and oxygen atoms in total. The van der Waals surface area contributed by atoms with Crippen molar-refractivity contribution in [2.24, 2.45) is 0 Å². The molecule has 0 spiro atoms. The number of rotatable bonds is 3. The van der Waals surface area contributed by atoms with E-state index in [0.29, 0.717) is 5.69 Å². The van der Waals surface area contributed by atoms with Crippen LogP contribution in [0.4, 0.5) is 10.5 Å². The second-order valence-corrected chi connectivity index (χ2v) is 5.37. The first-order valence-electron chi connectivity index (χ1n) is 7.39. The Hall–Kier alpha value is -2.63. The average Bonchev–Trinajstić information content (AvgIpc) is 2.54. The van der Waals surface area contributed by atoms with Crippen LogP contribution in [0.1, 0.15) is 37.7 Å². The Labute approximate surface area is 134 Å². The van der Waals surface area contributed by atoms with E-state index >= 15 is 0 Å². The zero-order valence-electron chi connectivity index (χ0n) is 13.1. The number of Topliss-reactive ketones (excluding diaryl/α,β-unsaturated/α-hetero) is 2. The summed E-state index contributed by atoms with van der Waals surface area (Å²) in [7, 11) is 1.28. The van der Waals surface area contributed by atoms with Crippen molar-refractivity contribution in [3.8, 4) is 0 Å². The highest BCUT2D eigenvalue weighted by Gasteiger charge is 2.33. The Morgan fingerprint density at radius 3 is 2.26 bits per heavy atom. The van der Waals surface area contributed by atoms with Gasteiger partial charge in [0.25, 0.3) is 0 Å². The highest BCUT2D eigenvalue weighted by atomic mass is 16.5. The lowest BCUT2D eigenvalue weighted by Gasteiger charge is -2.23. The molecule has 0 heterocycles. The molecule has 1 aromatic rings. The van der Waals surface area contributed by atoms with Gasteiger partial charge in [-0.1, -0.05) is 19.1 Å². The van der Waals surface area contributed by atoms with Crippen LogP contribution in [-0.2, 0) is 14.3 Å². The number of allylic oxidation sites excluding steroid dienone is 2. The Balaban J connectivity index is 2.14. The topological polar surface area (TPSA) is 92.7 Å². The first-order chi connectivity index (χ1) is 11.0. The summed E-state index contributed by atoms with van der Waals surface area (Å²) in [6.07, 6.45) is 0.0837. The molecule has 122 valence electrons. The number of aliphatic hydroxyl groups excluding tert-OH is 1. The minimum Gasteiger partial charge on any atom is -0.511 e. The number of anilines is 1. The van der Waals surface area contributed by atoms with Gasteiger partial charge in [-0.25, -0.2) is 4.79 Å². The van der Waals surface area contributed by atoms with E-state index < -0.39 is 6.09 Å². The van der Waals surface area contributed by atoms with E-state index in [0.717, 1.165) is 5.56 Å². The van der Waals surface area contributed by atoms with E-state index in [2.05, 4.69) is 10.1 Å². The maximum atomic E-state index is 12.1. The van der Waals surface area contributed by atoms with Crippen molar-refractivity contribution in [3.05, 3.63) is 41.2 Å². The molecule has 0 unspecified atom stereocenters. The average molecular weight is 317 g/mol. The Kier molecular flexibility index (Phi) is 5.16. The van der Waals surface area contributed by atoms with Gasteiger partial charge in [0.15, 0.2) is 11.6 Å². The van der Waals surface area contributed by atoms with Crippen molar-refractivity contribution in [1.82, 2.24) is 0 Å². The summed E-state index contributed by atoms with van der Waals surface area (Å²) in [5, 5.41) is 12.2. The zero-order chi connectivity index (χ0) is 17.0. The first-order valence-corrected chi connectivity index (χ1v) is 7.39. The standard InChI is InChI=1S/C17H19NO5/c1-3-13(19)16-14(20)8-11(9-15(16)21)10-4-6-12(7-5-10)18-17(22)23-2/h4-7,11,19H,3,8-9H2,1-2H3,(H,18,22). The maximum absolute atomic E-state index is 12.1. The fourth-order valence-electron chi connectivity index (χ4n) is 2.62. The number of aliphatic hydroxyl groups is 1. The monoisotopic (exact) mass is 317 g/mol. The van der Waals surface area contributed by atoms with Gasteiger partial charge in [0.2, 0.25) is 0 Å². The molecule has 0 saturated heterocycles. The van der Waals surface area contributed by atoms with E-state index in [9.17, 15) is 19.5 Å². The van der Waals surface area contributed by atoms with Crippen LogP contribution in [0, 0.1) is 0 Å². The van der Waals surface area contributed by atoms with Gasteiger partial charge in [0.1, 0.15) is 5.76 Å². The number of benzene rings is 1. The minimum absolute atomic E-state index is 0.0484. The van der Waals surface area contributed by atoms with Crippen molar-refractivity contribution in [2.45, 2.75) is 32.1 Å². The summed E-state index contributed by atoms with van der Waals surface area (Å²) >= 11 is 0. The smallest absolute Gasteiger partial charge is 0.411 e. The SMILES string of the molecule is CCC(O)=C1C(=O)CC(c2ccc(NC(=O)OC)cc2)CC1=O. The van der Waals surface area contributed by atoms with Gasteiger partial charge < -0.3 is 9.84 Å². The fraction of sp³-hybridized carbons (Fsp3) is 0.353. The van der Waals surface area contributed by atoms with E-state index in [1.807, 2.05) is 0 Å². The molecule has 0 bridgehead atoms. The summed E-state index contributed by atoms with van der Waals surface area (Å²) in [6.45, 7) is 1.70. The number of methoxy groups -OCH3 is 1. The molecule has 1 amide bonds. The van der Waals surface area contributed by atoms with Crippen molar-refractivity contribution in [2.75, 3.05) is 12.4 Å². The molecule has 0 aliphatic heterocycles. The minimum atomic E-state index is -0.564. The molecule has 0 aromatic heterocycles. The predicted molar refractivity (Wildman–Crippen MR) is 84.4 cm³/mol. The third-order valence-corrected chi connectivity index (χ3v) is 3.86. The highest BCUT2D eigenvalue weighted by molar-refractivity contribution is 6.22. The van der Waals surface area contributed by atoms with Crippen molar-refractivity contribution in [1.29, 1.82) is 0 Å². The van der Waals surface area contributed by atoms with Crippen LogP contribution in [0.3, 0.4) is 0 Å². The summed E-state index contributed by atoms with van der Waals surface area (Å²) < 4.78 is 4.51. The van der Waals surface area contributed by atoms with Gasteiger partial charge in [0.05, 0.1) is 12.7 Å². The number of carbonyl (C=O) groups is 3. The lowest BCUT2D eigenvalue weighted by Crippen LogP contribution is -2.26. The molecular weight excluding hydrogens is 298 g/mol. The number of hydrogen-bond donors (Lipinski definition) is 2. The van der Waals surface area contributed by atoms with Crippen molar-refractivity contribution >= 4 is 23.3 Å². The van der Waals surface area contributed by atoms with Crippen LogP contribution >= 0.6 is 0 Å². The lowest BCUT2D eigenvalue weighted by atomic mass is 9.79. The van der Waals surface area contributed by atoms with Crippen LogP contribution in [0.15, 0.2) is 35.6 Å². The third-order valence-electron chi connectivity index (χ3n) is 3.86. The molecule has 1 aliphatic carbocycles. The van der Waals surface area contributed by atoms with Gasteiger partial charge in [0, 0.05) is 24.9 Å². The van der Waals surface area contributed by atoms with Crippen molar-refractivity contribution < 1.29 is 24.2 Å². The quantitative estimate of drug-likeness (QED) is 0.507. The molecule has 23 heavy (non-hydrogen) atoms. The molecule has 2 N–H and O–H groups in total. The second-order valence-electron chi connectivity index (χ2n) is 5.37. The lowest BCUT2D eigenvalue weighted by molar-refractivity contribution is -0.124. The van der Waals surface area contributed by atoms with Gasteiger partial charge >= 0.3 is 6.09 Å². The molecule has 0 atom stereocenters. The molecule has 2 rings (SSSR count). The number of hydrogen-bond acceptors (Lipinski definition) is 5. The molecule has 0 radical (unpaired) electrons. The maximum Gasteiger partial charge on any atom is 0.411 e. The van der Waals surface area contributed by atoms with Gasteiger partial charge in [-0.2, -0.15) is 0 Å². The molecule has 1 aromatic carbocycles. The van der Waals surface area contributed by atoms with E-state index in [4.69, 9.17) is 0 Å². The van der Waals surface area contributed by atoms with Gasteiger partial charge in [-0.15, -0.1) is 0 Å². The number of ketones is 2. The molecule has 1 aliphatic rings. The van der Waals surface area contributed by atoms with Crippen LogP contribution in [0.25, 0.3) is 0 Å². The summed E-state index contributed by atoms with van der Waals surface area (Å²) in [4.78, 5) is 35.4. The predicted octanol–water partition coefficient (Wildman–Crippen LogP) is 3.10. The van der Waals surface area contributed by atoms with E-state index in [1.54, 1.807) is 31.2 Å². The fourth-order valence-corrected chi connectivity index (χ4v) is 2.62. The highest BCUT2D eigenvalue weighted by Crippen LogP contribution is 2.33. The number of ether oxygens (including phenoxy) is 1. The molecule has 1 fully saturated rings. The Morgan fingerprint density at radius 1 is 1.22 bits per heavy atom. The molecular formula is C17H19NO5. The van der Waals surface area contributed by atoms with E-state index in [-0.39, 0.29) is 48.1 Å². The second kappa shape index (κ2) is 7.09. The normalized spacial score (nSPS) is 17.8. The van der Waals surface area contributed by atoms with E-state index in [1.165, 1.54) is 7.11 Å². The summed E-state index contributed by atoms with van der Waals surface area (Å²) in [6, 6.07) is 6.92. The zero-order valence-corrected chi connectivity index (χ0v) is 13.1. The summed E-state index contributed by atoms with van der Waals surface area (Å²) in [5.74, 6) is -0.976. The van der Waals surface area contributed by atoms with Crippen LogP contribution in [0.5, 0.6) is 0 Å². The number of carbonyl (C=O) groups excluding carboxylic acids is 3. The number of nitrogens with one attached hydrogen (secondary N) is 1. The third kappa shape index (κ3) is 3.77. The summed E-state index contributed by atoms with van der Waals surface area (Å²) in [5.41, 5.74) is 1.36. The van der Waals surface area contributed by atoms with Crippen LogP contribution in [0.2, 0.25) is 0 Å². The Morgan fingerprint density at radius 2 is 1.78 bits per heavy atom. The van der Waals surface area contributed by atoms with Gasteiger partial charge in [-0.3, -0.25) is 14.9 Å². The largest absolute Gasteiger partial charge is 0.511 e. The van der Waals surface area contributed by atoms with Crippen LogP contribution < -0.4 is 5.32 Å². The van der Waals surface area contributed by atoms with Crippen LogP contribution in [-0.4, -0.2) is 29.9 Å². The Bertz CT molecular complexity index is 640. The first kappa shape index (κ1) is 16.7. The van der Waals surface area contributed by atoms with Gasteiger partial charge in [-0.05, 0) is 23.6 Å².